The number of rotatable bonds is 8. The summed E-state index contributed by atoms with van der Waals surface area (Å²) in [6.07, 6.45) is 1.87. The summed E-state index contributed by atoms with van der Waals surface area (Å²) >= 11 is 1.54. The highest BCUT2D eigenvalue weighted by atomic mass is 32.1. The van der Waals surface area contributed by atoms with Gasteiger partial charge in [0.2, 0.25) is 0 Å². The first-order valence-electron chi connectivity index (χ1n) is 17.6. The minimum atomic E-state index is -0.872. The number of ketones is 1. The smallest absolute Gasteiger partial charge is 0.177 e. The van der Waals surface area contributed by atoms with Crippen LogP contribution < -0.4 is 5.32 Å². The SMILES string of the molecule is CC(C)c1nnc2ccc(-c3sc(C4CCNCC4)nc3-c3ccc(F)cc3F)nn12.CC(C)c1nnc2ccc(CC(=O)c3ccc(F)cc3F)nn12. The van der Waals surface area contributed by atoms with Gasteiger partial charge in [-0.1, -0.05) is 27.7 Å². The van der Waals surface area contributed by atoms with Crippen molar-refractivity contribution in [2.45, 2.75) is 64.7 Å². The molecule has 0 radical (unpaired) electrons. The maximum absolute atomic E-state index is 14.7. The molecular weight excluding hydrogens is 721 g/mol. The predicted molar refractivity (Wildman–Crippen MR) is 195 cm³/mol. The summed E-state index contributed by atoms with van der Waals surface area (Å²) in [5.74, 6) is -1.26. The molecule has 1 N–H and O–H groups in total. The largest absolute Gasteiger partial charge is 0.317 e. The van der Waals surface area contributed by atoms with Crippen LogP contribution in [0, 0.1) is 23.3 Å². The maximum atomic E-state index is 14.7. The van der Waals surface area contributed by atoms with E-state index in [-0.39, 0.29) is 29.4 Å². The summed E-state index contributed by atoms with van der Waals surface area (Å²) in [6, 6.07) is 13.6. The van der Waals surface area contributed by atoms with Gasteiger partial charge in [-0.05, 0) is 74.5 Å². The van der Waals surface area contributed by atoms with Crippen LogP contribution in [-0.2, 0) is 6.42 Å². The Morgan fingerprint density at radius 1 is 0.778 bits per heavy atom. The molecule has 6 heterocycles. The number of hydrogen-bond donors (Lipinski definition) is 1. The molecule has 0 unspecified atom stereocenters. The predicted octanol–water partition coefficient (Wildman–Crippen LogP) is 7.73. The van der Waals surface area contributed by atoms with Crippen molar-refractivity contribution in [2.75, 3.05) is 13.1 Å². The van der Waals surface area contributed by atoms with Gasteiger partial charge in [0.25, 0.3) is 0 Å². The fourth-order valence-electron chi connectivity index (χ4n) is 6.18. The number of halogens is 4. The second-order valence-electron chi connectivity index (χ2n) is 13.6. The van der Waals surface area contributed by atoms with Crippen LogP contribution in [0.1, 0.15) is 91.0 Å². The van der Waals surface area contributed by atoms with Crippen LogP contribution in [0.4, 0.5) is 17.6 Å². The average Bonchev–Trinajstić information content (AvgIpc) is 3.89. The quantitative estimate of drug-likeness (QED) is 0.122. The lowest BCUT2D eigenvalue weighted by Crippen LogP contribution is -2.26. The van der Waals surface area contributed by atoms with Gasteiger partial charge >= 0.3 is 0 Å². The van der Waals surface area contributed by atoms with E-state index in [0.717, 1.165) is 59.8 Å². The van der Waals surface area contributed by atoms with Crippen LogP contribution in [0.15, 0.2) is 60.7 Å². The van der Waals surface area contributed by atoms with Crippen molar-refractivity contribution in [3.8, 4) is 21.8 Å². The van der Waals surface area contributed by atoms with E-state index in [9.17, 15) is 22.4 Å². The molecule has 54 heavy (non-hydrogen) atoms. The zero-order valence-corrected chi connectivity index (χ0v) is 30.7. The number of benzene rings is 2. The first-order valence-corrected chi connectivity index (χ1v) is 18.4. The number of nitrogens with one attached hydrogen (secondary N) is 1. The Balaban J connectivity index is 0.000000175. The highest BCUT2D eigenvalue weighted by Gasteiger charge is 2.25. The summed E-state index contributed by atoms with van der Waals surface area (Å²) < 4.78 is 58.2. The number of aromatic nitrogens is 9. The second-order valence-corrected chi connectivity index (χ2v) is 14.6. The van der Waals surface area contributed by atoms with E-state index in [2.05, 4.69) is 30.8 Å². The second kappa shape index (κ2) is 15.5. The van der Waals surface area contributed by atoms with E-state index < -0.39 is 29.1 Å². The van der Waals surface area contributed by atoms with Gasteiger partial charge in [-0.15, -0.1) is 31.7 Å². The third kappa shape index (κ3) is 7.61. The standard InChI is InChI=1S/C22H22F2N6S.C16H14F2N4O/c1-12(2)21-28-27-18-6-5-17(29-30(18)21)20-19(15-4-3-14(23)11-16(15)24)26-22(31-20)13-7-9-25-10-8-13;1-9(2)16-20-19-15-6-4-11(21-22(15)16)8-14(23)12-5-3-10(17)7-13(12)18/h3-6,11-13,25H,7-10H2,1-2H3;3-7,9H,8H2,1-2H3. The topological polar surface area (TPSA) is 128 Å². The van der Waals surface area contributed by atoms with E-state index >= 15 is 0 Å². The van der Waals surface area contributed by atoms with E-state index in [1.165, 1.54) is 23.5 Å². The summed E-state index contributed by atoms with van der Waals surface area (Å²) in [7, 11) is 0. The summed E-state index contributed by atoms with van der Waals surface area (Å²) in [4.78, 5) is 17.8. The van der Waals surface area contributed by atoms with Gasteiger partial charge in [0.1, 0.15) is 29.0 Å². The van der Waals surface area contributed by atoms with Crippen molar-refractivity contribution in [3.63, 3.8) is 0 Å². The van der Waals surface area contributed by atoms with Crippen molar-refractivity contribution in [1.29, 1.82) is 0 Å². The molecule has 0 saturated carbocycles. The molecule has 5 aromatic heterocycles. The molecule has 11 nitrogen and oxygen atoms in total. The minimum Gasteiger partial charge on any atom is -0.317 e. The zero-order chi connectivity index (χ0) is 38.1. The Labute approximate surface area is 311 Å². The fourth-order valence-corrected chi connectivity index (χ4v) is 7.39. The average molecular weight is 757 g/mol. The summed E-state index contributed by atoms with van der Waals surface area (Å²) in [6.45, 7) is 9.86. The number of thiazole rings is 1. The molecule has 7 aromatic rings. The Hall–Kier alpha value is -5.48. The van der Waals surface area contributed by atoms with Crippen LogP contribution in [0.5, 0.6) is 0 Å². The molecule has 1 aliphatic rings. The third-order valence-corrected chi connectivity index (χ3v) is 10.2. The van der Waals surface area contributed by atoms with Gasteiger partial charge in [-0.25, -0.2) is 22.5 Å². The lowest BCUT2D eigenvalue weighted by molar-refractivity contribution is 0.0987. The number of hydrogen-bond acceptors (Lipinski definition) is 10. The Morgan fingerprint density at radius 3 is 2.02 bits per heavy atom. The monoisotopic (exact) mass is 756 g/mol. The number of fused-ring (bicyclic) bond motifs is 2. The number of carbonyl (C=O) groups excluding carboxylic acids is 1. The highest BCUT2D eigenvalue weighted by Crippen LogP contribution is 2.41. The molecule has 1 fully saturated rings. The third-order valence-electron chi connectivity index (χ3n) is 8.99. The lowest BCUT2D eigenvalue weighted by atomic mass is 9.99. The molecule has 278 valence electrons. The molecule has 0 bridgehead atoms. The van der Waals surface area contributed by atoms with Crippen molar-refractivity contribution in [2.24, 2.45) is 0 Å². The molecule has 0 spiro atoms. The van der Waals surface area contributed by atoms with Gasteiger partial charge in [-0.2, -0.15) is 19.2 Å². The molecule has 1 aliphatic heterocycles. The lowest BCUT2D eigenvalue weighted by Gasteiger charge is -2.20. The molecule has 1 saturated heterocycles. The first kappa shape index (κ1) is 36.9. The number of nitrogens with zero attached hydrogens (tertiary/aromatic N) is 9. The molecule has 16 heteroatoms. The zero-order valence-electron chi connectivity index (χ0n) is 29.9. The molecular formula is C38H36F4N10OS. The van der Waals surface area contributed by atoms with Gasteiger partial charge < -0.3 is 5.32 Å². The van der Waals surface area contributed by atoms with E-state index in [0.29, 0.717) is 46.2 Å². The van der Waals surface area contributed by atoms with Crippen LogP contribution >= 0.6 is 11.3 Å². The minimum absolute atomic E-state index is 0.0891. The van der Waals surface area contributed by atoms with E-state index in [1.807, 2.05) is 39.8 Å². The molecule has 0 atom stereocenters. The van der Waals surface area contributed by atoms with Crippen molar-refractivity contribution >= 4 is 28.4 Å². The summed E-state index contributed by atoms with van der Waals surface area (Å²) in [5, 5.41) is 29.9. The van der Waals surface area contributed by atoms with Crippen LogP contribution in [0.25, 0.3) is 33.1 Å². The molecule has 0 aliphatic carbocycles. The normalized spacial score (nSPS) is 13.6. The fraction of sp³-hybridized carbons (Fsp3) is 0.316. The van der Waals surface area contributed by atoms with Crippen molar-refractivity contribution in [3.05, 3.63) is 112 Å². The van der Waals surface area contributed by atoms with Gasteiger partial charge in [-0.3, -0.25) is 4.79 Å². The van der Waals surface area contributed by atoms with Gasteiger partial charge in [0.15, 0.2) is 28.7 Å². The summed E-state index contributed by atoms with van der Waals surface area (Å²) in [5.41, 5.74) is 3.01. The Kier molecular flexibility index (Phi) is 10.6. The number of carbonyl (C=O) groups is 1. The van der Waals surface area contributed by atoms with E-state index in [1.54, 1.807) is 21.2 Å². The van der Waals surface area contributed by atoms with E-state index in [4.69, 9.17) is 10.1 Å². The number of Topliss-reactive ketones (excluding diaryl/α,β-unsaturated/α-hetero) is 1. The first-order chi connectivity index (χ1) is 26.0. The maximum Gasteiger partial charge on any atom is 0.177 e. The van der Waals surface area contributed by atoms with Crippen LogP contribution in [0.3, 0.4) is 0 Å². The van der Waals surface area contributed by atoms with Crippen LogP contribution in [0.2, 0.25) is 0 Å². The van der Waals surface area contributed by atoms with Crippen molar-refractivity contribution < 1.29 is 22.4 Å². The Morgan fingerprint density at radius 2 is 1.39 bits per heavy atom. The van der Waals surface area contributed by atoms with Crippen molar-refractivity contribution in [1.82, 2.24) is 49.9 Å². The molecule has 0 amide bonds. The molecule has 8 rings (SSSR count). The van der Waals surface area contributed by atoms with Crippen LogP contribution in [-0.4, -0.2) is 63.5 Å². The van der Waals surface area contributed by atoms with Gasteiger partial charge in [0.05, 0.1) is 33.3 Å². The molecule has 2 aromatic carbocycles. The van der Waals surface area contributed by atoms with Gasteiger partial charge in [0, 0.05) is 35.4 Å². The Bertz CT molecular complexity index is 2470. The highest BCUT2D eigenvalue weighted by molar-refractivity contribution is 7.15. The number of piperidine rings is 1.